The van der Waals surface area contributed by atoms with Crippen LogP contribution in [0.2, 0.25) is 0 Å². The van der Waals surface area contributed by atoms with Crippen LogP contribution in [0.3, 0.4) is 0 Å². The minimum atomic E-state index is -3.94. The van der Waals surface area contributed by atoms with Crippen molar-refractivity contribution in [1.29, 1.82) is 0 Å². The van der Waals surface area contributed by atoms with E-state index in [-0.39, 0.29) is 30.5 Å². The molecule has 0 spiro atoms. The number of carboxylic acid groups (broad SMARTS) is 1. The number of aliphatic carboxylic acids is 1. The first kappa shape index (κ1) is 26.8. The number of aromatic nitrogens is 4. The Morgan fingerprint density at radius 3 is 2.33 bits per heavy atom. The van der Waals surface area contributed by atoms with Crippen LogP contribution < -0.4 is 4.74 Å². The van der Waals surface area contributed by atoms with Crippen LogP contribution in [-0.2, 0) is 35.0 Å². The molecule has 0 amide bonds. The Bertz CT molecular complexity index is 1410. The summed E-state index contributed by atoms with van der Waals surface area (Å²) in [6.07, 6.45) is 6.20. The van der Waals surface area contributed by atoms with Gasteiger partial charge in [0.1, 0.15) is 5.75 Å². The van der Waals surface area contributed by atoms with Crippen molar-refractivity contribution in [2.24, 2.45) is 7.05 Å². The Morgan fingerprint density at radius 1 is 1.00 bits per heavy atom. The van der Waals surface area contributed by atoms with Gasteiger partial charge in [-0.05, 0) is 29.3 Å². The van der Waals surface area contributed by atoms with E-state index in [0.717, 1.165) is 11.1 Å². The van der Waals surface area contributed by atoms with Crippen molar-refractivity contribution in [2.45, 2.75) is 18.1 Å². The lowest BCUT2D eigenvalue weighted by Crippen LogP contribution is -2.30. The zero-order valence-electron chi connectivity index (χ0n) is 19.3. The van der Waals surface area contributed by atoms with Gasteiger partial charge in [0.2, 0.25) is 0 Å². The van der Waals surface area contributed by atoms with Crippen LogP contribution in [-0.4, -0.2) is 49.9 Å². The maximum Gasteiger partial charge on any atom is 0.341 e. The molecule has 0 atom stereocenters. The molecule has 10 nitrogen and oxygen atoms in total. The highest BCUT2D eigenvalue weighted by Crippen LogP contribution is 2.23. The van der Waals surface area contributed by atoms with Crippen LogP contribution in [0.15, 0.2) is 84.5 Å². The van der Waals surface area contributed by atoms with Crippen molar-refractivity contribution in [2.75, 3.05) is 6.61 Å². The monoisotopic (exact) mass is 529 g/mol. The molecule has 0 aliphatic rings. The molecule has 1 N–H and O–H groups in total. The first-order valence-electron chi connectivity index (χ1n) is 10.6. The van der Waals surface area contributed by atoms with Crippen LogP contribution >= 0.6 is 12.4 Å². The number of hydrogen-bond donors (Lipinski definition) is 1. The van der Waals surface area contributed by atoms with Gasteiger partial charge in [0.25, 0.3) is 10.0 Å². The molecular weight excluding hydrogens is 506 g/mol. The molecule has 0 bridgehead atoms. The predicted molar refractivity (Wildman–Crippen MR) is 134 cm³/mol. The highest BCUT2D eigenvalue weighted by atomic mass is 35.5. The third-order valence-electron chi connectivity index (χ3n) is 5.04. The highest BCUT2D eigenvalue weighted by molar-refractivity contribution is 7.89. The maximum absolute atomic E-state index is 13.5. The summed E-state index contributed by atoms with van der Waals surface area (Å²) in [6.45, 7) is -0.362. The average Bonchev–Trinajstić information content (AvgIpc) is 3.31. The molecule has 188 valence electrons. The van der Waals surface area contributed by atoms with Gasteiger partial charge in [-0.1, -0.05) is 36.4 Å². The standard InChI is InChI=1S/C24H23N5O5S.ClH/c1-28-15-22(27-17-28)35(32,33)29(14-19-4-2-5-21(12-19)34-16-23(30)31)13-18-6-8-20(9-7-18)24-25-10-3-11-26-24;/h2-12,15,17H,13-14,16H2,1H3,(H,30,31);1H. The number of carbonyl (C=O) groups is 1. The van der Waals surface area contributed by atoms with E-state index in [1.807, 2.05) is 24.3 Å². The number of benzene rings is 2. The van der Waals surface area contributed by atoms with Crippen molar-refractivity contribution in [3.63, 3.8) is 0 Å². The zero-order chi connectivity index (χ0) is 24.8. The van der Waals surface area contributed by atoms with Crippen molar-refractivity contribution in [3.05, 3.63) is 90.6 Å². The minimum Gasteiger partial charge on any atom is -0.482 e. The molecule has 0 radical (unpaired) electrons. The molecule has 4 aromatic rings. The van der Waals surface area contributed by atoms with Gasteiger partial charge in [-0.2, -0.15) is 4.31 Å². The lowest BCUT2D eigenvalue weighted by molar-refractivity contribution is -0.139. The number of rotatable bonds is 10. The molecule has 4 rings (SSSR count). The number of ether oxygens (including phenoxy) is 1. The fourth-order valence-electron chi connectivity index (χ4n) is 3.37. The van der Waals surface area contributed by atoms with Gasteiger partial charge in [0.15, 0.2) is 17.5 Å². The molecule has 2 aromatic carbocycles. The first-order valence-corrected chi connectivity index (χ1v) is 12.0. The van der Waals surface area contributed by atoms with E-state index < -0.39 is 22.6 Å². The van der Waals surface area contributed by atoms with Crippen molar-refractivity contribution >= 4 is 28.4 Å². The first-order chi connectivity index (χ1) is 16.8. The fraction of sp³-hybridized carbons (Fsp3) is 0.167. The average molecular weight is 530 g/mol. The Labute approximate surface area is 214 Å². The molecule has 2 aromatic heterocycles. The van der Waals surface area contributed by atoms with E-state index in [4.69, 9.17) is 9.84 Å². The molecule has 0 unspecified atom stereocenters. The Hall–Kier alpha value is -3.80. The number of carboxylic acids is 1. The van der Waals surface area contributed by atoms with Gasteiger partial charge in [-0.25, -0.2) is 28.2 Å². The summed E-state index contributed by atoms with van der Waals surface area (Å²) in [4.78, 5) is 23.3. The lowest BCUT2D eigenvalue weighted by Gasteiger charge is -2.22. The number of aryl methyl sites for hydroxylation is 1. The van der Waals surface area contributed by atoms with Crippen molar-refractivity contribution < 1.29 is 23.1 Å². The van der Waals surface area contributed by atoms with Crippen molar-refractivity contribution in [3.8, 4) is 17.1 Å². The quantitative estimate of drug-likeness (QED) is 0.332. The van der Waals surface area contributed by atoms with Gasteiger partial charge in [0, 0.05) is 44.3 Å². The maximum atomic E-state index is 13.5. The van der Waals surface area contributed by atoms with Gasteiger partial charge in [-0.15, -0.1) is 12.4 Å². The third kappa shape index (κ3) is 6.66. The summed E-state index contributed by atoms with van der Waals surface area (Å²) in [5, 5.41) is 8.79. The minimum absolute atomic E-state index is 0. The molecular formula is C24H24ClN5O5S. The predicted octanol–water partition coefficient (Wildman–Crippen LogP) is 3.15. The zero-order valence-corrected chi connectivity index (χ0v) is 20.9. The van der Waals surface area contributed by atoms with Crippen LogP contribution in [0.4, 0.5) is 0 Å². The second kappa shape index (κ2) is 11.8. The summed E-state index contributed by atoms with van der Waals surface area (Å²) in [5.41, 5.74) is 2.22. The van der Waals surface area contributed by atoms with E-state index >= 15 is 0 Å². The number of nitrogens with zero attached hydrogens (tertiary/aromatic N) is 5. The van der Waals surface area contributed by atoms with Crippen LogP contribution in [0.5, 0.6) is 5.75 Å². The highest BCUT2D eigenvalue weighted by Gasteiger charge is 2.27. The second-order valence-corrected chi connectivity index (χ2v) is 9.63. The summed E-state index contributed by atoms with van der Waals surface area (Å²) in [5.74, 6) is -0.179. The molecule has 36 heavy (non-hydrogen) atoms. The number of sulfonamides is 1. The van der Waals surface area contributed by atoms with E-state index in [2.05, 4.69) is 15.0 Å². The van der Waals surface area contributed by atoms with Crippen LogP contribution in [0.1, 0.15) is 11.1 Å². The summed E-state index contributed by atoms with van der Waals surface area (Å²) >= 11 is 0. The molecule has 12 heteroatoms. The molecule has 0 fully saturated rings. The second-order valence-electron chi connectivity index (χ2n) is 7.75. The van der Waals surface area contributed by atoms with E-state index in [1.54, 1.807) is 54.3 Å². The normalized spacial score (nSPS) is 11.2. The summed E-state index contributed by atoms with van der Waals surface area (Å²) in [7, 11) is -2.24. The fourth-order valence-corrected chi connectivity index (χ4v) is 4.76. The van der Waals surface area contributed by atoms with E-state index in [9.17, 15) is 13.2 Å². The number of hydrogen-bond acceptors (Lipinski definition) is 7. The Morgan fingerprint density at radius 2 is 1.69 bits per heavy atom. The number of halogens is 1. The Kier molecular flexibility index (Phi) is 8.75. The topological polar surface area (TPSA) is 128 Å². The third-order valence-corrected chi connectivity index (χ3v) is 6.72. The molecule has 0 saturated heterocycles. The lowest BCUT2D eigenvalue weighted by atomic mass is 10.1. The SMILES string of the molecule is Cl.Cn1cnc(S(=O)(=O)N(Cc2ccc(-c3ncccn3)cc2)Cc2cccc(OCC(=O)O)c2)c1. The van der Waals surface area contributed by atoms with Crippen LogP contribution in [0.25, 0.3) is 11.4 Å². The van der Waals surface area contributed by atoms with Crippen molar-refractivity contribution in [1.82, 2.24) is 23.8 Å². The van der Waals surface area contributed by atoms with Crippen LogP contribution in [0, 0.1) is 0 Å². The van der Waals surface area contributed by atoms with Gasteiger partial charge in [0.05, 0.1) is 6.33 Å². The molecule has 0 aliphatic carbocycles. The van der Waals surface area contributed by atoms with E-state index in [0.29, 0.717) is 17.1 Å². The molecule has 0 aliphatic heterocycles. The largest absolute Gasteiger partial charge is 0.482 e. The molecule has 2 heterocycles. The number of imidazole rings is 1. The van der Waals surface area contributed by atoms with Gasteiger partial charge >= 0.3 is 5.97 Å². The Balaban J connectivity index is 0.00000361. The summed E-state index contributed by atoms with van der Waals surface area (Å²) in [6, 6.07) is 15.8. The molecule has 0 saturated carbocycles. The summed E-state index contributed by atoms with van der Waals surface area (Å²) < 4.78 is 35.1. The van der Waals surface area contributed by atoms with E-state index in [1.165, 1.54) is 16.8 Å². The smallest absolute Gasteiger partial charge is 0.341 e. The van der Waals surface area contributed by atoms with Gasteiger partial charge < -0.3 is 14.4 Å². The van der Waals surface area contributed by atoms with Gasteiger partial charge in [-0.3, -0.25) is 0 Å².